The van der Waals surface area contributed by atoms with Gasteiger partial charge in [0.15, 0.2) is 0 Å². The van der Waals surface area contributed by atoms with Gasteiger partial charge in [-0.05, 0) is 118 Å². The molecule has 0 aromatic rings. The number of carbonyl (C=O) groups excluding carboxylic acids is 4. The zero-order valence-corrected chi connectivity index (χ0v) is 30.5. The van der Waals surface area contributed by atoms with Crippen molar-refractivity contribution in [3.05, 3.63) is 0 Å². The zero-order valence-electron chi connectivity index (χ0n) is 30.5. The molecule has 4 atom stereocenters. The van der Waals surface area contributed by atoms with Gasteiger partial charge in [0.25, 0.3) is 0 Å². The Morgan fingerprint density at radius 3 is 1.74 bits per heavy atom. The molecule has 270 valence electrons. The van der Waals surface area contributed by atoms with E-state index in [2.05, 4.69) is 0 Å². The van der Waals surface area contributed by atoms with Crippen LogP contribution in [0.4, 0.5) is 0 Å². The van der Waals surface area contributed by atoms with Crippen LogP contribution in [0.15, 0.2) is 0 Å². The van der Waals surface area contributed by atoms with E-state index in [1.807, 2.05) is 48.5 Å². The summed E-state index contributed by atoms with van der Waals surface area (Å²) in [6.45, 7) is 18.3. The molecule has 10 heteroatoms. The summed E-state index contributed by atoms with van der Waals surface area (Å²) in [6, 6.07) is 0. The molecule has 4 saturated carbocycles. The topological polar surface area (TPSA) is 135 Å². The molecule has 1 N–H and O–H groups in total. The second-order valence-corrected chi connectivity index (χ2v) is 16.5. The van der Waals surface area contributed by atoms with Crippen molar-refractivity contribution in [3.8, 4) is 0 Å². The molecule has 0 spiro atoms. The first-order valence-corrected chi connectivity index (χ1v) is 18.0. The maximum atomic E-state index is 12.4. The van der Waals surface area contributed by atoms with Gasteiger partial charge in [0.2, 0.25) is 12.4 Å². The van der Waals surface area contributed by atoms with Gasteiger partial charge < -0.3 is 28.8 Å². The van der Waals surface area contributed by atoms with Gasteiger partial charge in [0.1, 0.15) is 5.60 Å². The van der Waals surface area contributed by atoms with Gasteiger partial charge in [-0.25, -0.2) is 4.79 Å². The van der Waals surface area contributed by atoms with Crippen LogP contribution in [0.5, 0.6) is 0 Å². The van der Waals surface area contributed by atoms with E-state index in [0.29, 0.717) is 44.3 Å². The lowest BCUT2D eigenvalue weighted by Crippen LogP contribution is -2.61. The van der Waals surface area contributed by atoms with Crippen molar-refractivity contribution in [1.82, 2.24) is 0 Å². The summed E-state index contributed by atoms with van der Waals surface area (Å²) >= 11 is 0. The Labute approximate surface area is 282 Å². The van der Waals surface area contributed by atoms with E-state index >= 15 is 0 Å². The van der Waals surface area contributed by atoms with Crippen LogP contribution in [0, 0.1) is 28.1 Å². The number of aliphatic hydroxyl groups is 1. The molecular weight excluding hydrogens is 604 g/mol. The van der Waals surface area contributed by atoms with Crippen molar-refractivity contribution in [3.63, 3.8) is 0 Å². The van der Waals surface area contributed by atoms with Crippen LogP contribution in [0.3, 0.4) is 0 Å². The lowest BCUT2D eigenvalue weighted by atomic mass is 9.52. The summed E-state index contributed by atoms with van der Waals surface area (Å²) in [7, 11) is 0. The van der Waals surface area contributed by atoms with E-state index < -0.39 is 28.5 Å². The largest absolute Gasteiger partial charge is 0.463 e. The van der Waals surface area contributed by atoms with E-state index in [9.17, 15) is 24.3 Å². The zero-order chi connectivity index (χ0) is 35.3. The molecule has 0 radical (unpaired) electrons. The highest BCUT2D eigenvalue weighted by atomic mass is 16.7. The second-order valence-electron chi connectivity index (χ2n) is 16.5. The highest BCUT2D eigenvalue weighted by Gasteiger charge is 2.59. The van der Waals surface area contributed by atoms with E-state index in [1.165, 1.54) is 6.42 Å². The lowest BCUT2D eigenvalue weighted by molar-refractivity contribution is -0.225. The van der Waals surface area contributed by atoms with Crippen LogP contribution in [0.25, 0.3) is 0 Å². The first-order valence-electron chi connectivity index (χ1n) is 18.0. The van der Waals surface area contributed by atoms with Crippen LogP contribution in [0.2, 0.25) is 0 Å². The third-order valence-corrected chi connectivity index (χ3v) is 11.1. The molecule has 47 heavy (non-hydrogen) atoms. The molecule has 4 unspecified atom stereocenters. The van der Waals surface area contributed by atoms with Gasteiger partial charge in [0.05, 0.1) is 35.1 Å². The predicted molar refractivity (Wildman–Crippen MR) is 176 cm³/mol. The summed E-state index contributed by atoms with van der Waals surface area (Å²) < 4.78 is 26.4. The maximum Gasteiger partial charge on any atom is 0.347 e. The minimum atomic E-state index is -0.687. The van der Waals surface area contributed by atoms with Gasteiger partial charge in [0, 0.05) is 19.3 Å². The van der Waals surface area contributed by atoms with Crippen molar-refractivity contribution in [2.24, 2.45) is 28.1 Å². The number of hydrogen-bond donors (Lipinski definition) is 1. The van der Waals surface area contributed by atoms with Gasteiger partial charge in [-0.3, -0.25) is 14.4 Å². The lowest BCUT2D eigenvalue weighted by Gasteiger charge is -2.59. The smallest absolute Gasteiger partial charge is 0.347 e. The molecule has 10 nitrogen and oxygen atoms in total. The van der Waals surface area contributed by atoms with Crippen LogP contribution in [-0.2, 0) is 42.9 Å². The molecule has 6 aliphatic rings. The first kappa shape index (κ1) is 39.2. The van der Waals surface area contributed by atoms with Crippen LogP contribution in [0.1, 0.15) is 146 Å². The normalized spacial score (nSPS) is 31.4. The molecule has 0 aromatic heterocycles. The average molecular weight is 667 g/mol. The van der Waals surface area contributed by atoms with Crippen molar-refractivity contribution in [2.75, 3.05) is 13.2 Å². The minimum Gasteiger partial charge on any atom is -0.463 e. The van der Waals surface area contributed by atoms with Gasteiger partial charge in [-0.2, -0.15) is 0 Å². The number of cyclic esters (lactones) is 1. The number of esters is 4. The van der Waals surface area contributed by atoms with Crippen LogP contribution < -0.4 is 0 Å². The number of ether oxygens (including phenoxy) is 5. The fourth-order valence-corrected chi connectivity index (χ4v) is 6.97. The molecular formula is C37H62O10. The van der Waals surface area contributed by atoms with Crippen LogP contribution in [-0.4, -0.2) is 65.8 Å². The Morgan fingerprint density at radius 1 is 0.766 bits per heavy atom. The fraction of sp³-hybridized carbons (Fsp3) is 0.892. The summed E-state index contributed by atoms with van der Waals surface area (Å²) in [4.78, 5) is 46.6. The highest BCUT2D eigenvalue weighted by Crippen LogP contribution is 2.59. The Morgan fingerprint density at radius 2 is 1.30 bits per heavy atom. The molecule has 6 rings (SSSR count). The molecule has 2 saturated heterocycles. The summed E-state index contributed by atoms with van der Waals surface area (Å²) in [5.41, 5.74) is -2.24. The molecule has 0 amide bonds. The Balaban J connectivity index is 0.000000196. The first-order chi connectivity index (χ1) is 21.8. The number of hydrogen-bond acceptors (Lipinski definition) is 10. The van der Waals surface area contributed by atoms with Crippen molar-refractivity contribution >= 4 is 23.9 Å². The van der Waals surface area contributed by atoms with Gasteiger partial charge in [-0.15, -0.1) is 0 Å². The Bertz CT molecular complexity index is 1090. The van der Waals surface area contributed by atoms with E-state index in [1.54, 1.807) is 13.8 Å². The SMILES string of the molecule is CCC(C)(C)C(=O)OC12CC3CC(CC(O)(C3)C1)C2.CCC(C)(C)C(=O)OC1CCCCO1.CCC(C)(C)C(=O)OC1CCOC1=O. The van der Waals surface area contributed by atoms with E-state index in [4.69, 9.17) is 23.7 Å². The van der Waals surface area contributed by atoms with E-state index in [-0.39, 0.29) is 35.2 Å². The monoisotopic (exact) mass is 666 g/mol. The molecule has 6 fully saturated rings. The maximum absolute atomic E-state index is 12.4. The molecule has 4 aliphatic carbocycles. The third-order valence-electron chi connectivity index (χ3n) is 11.1. The van der Waals surface area contributed by atoms with Crippen molar-refractivity contribution in [1.29, 1.82) is 0 Å². The molecule has 2 aliphatic heterocycles. The van der Waals surface area contributed by atoms with Crippen molar-refractivity contribution < 1.29 is 48.0 Å². The molecule has 0 aromatic carbocycles. The molecule has 4 bridgehead atoms. The second kappa shape index (κ2) is 15.6. The summed E-state index contributed by atoms with van der Waals surface area (Å²) in [5.74, 6) is 0.133. The highest BCUT2D eigenvalue weighted by molar-refractivity contribution is 5.82. The number of rotatable bonds is 9. The Kier molecular flexibility index (Phi) is 13.0. The van der Waals surface area contributed by atoms with Crippen LogP contribution >= 0.6 is 0 Å². The Hall–Kier alpha value is -2.20. The van der Waals surface area contributed by atoms with Gasteiger partial charge >= 0.3 is 23.9 Å². The minimum absolute atomic E-state index is 0.0828. The average Bonchev–Trinajstić information content (AvgIpc) is 3.40. The third kappa shape index (κ3) is 10.4. The van der Waals surface area contributed by atoms with E-state index in [0.717, 1.165) is 57.8 Å². The fourth-order valence-electron chi connectivity index (χ4n) is 6.97. The number of carbonyl (C=O) groups is 4. The van der Waals surface area contributed by atoms with Gasteiger partial charge in [-0.1, -0.05) is 20.8 Å². The predicted octanol–water partition coefficient (Wildman–Crippen LogP) is 6.82. The standard InChI is InChI=1S/C16H26O3.C11H20O3.C10H16O4/c1-4-14(2,3)13(17)19-16-8-11-5-12(9-16)7-15(18,6-11)10-16;1-4-11(2,3)10(12)14-9-7-5-6-8-13-9;1-4-10(2,3)9(12)14-7-5-6-13-8(7)11/h11-12,18H,4-10H2,1-3H3;9H,4-8H2,1-3H3;7H,4-6H2,1-3H3. The summed E-state index contributed by atoms with van der Waals surface area (Å²) in [5, 5.41) is 10.6. The summed E-state index contributed by atoms with van der Waals surface area (Å²) in [6.07, 6.45) is 10.4. The molecule has 2 heterocycles. The quantitative estimate of drug-likeness (QED) is 0.206. The van der Waals surface area contributed by atoms with Crippen molar-refractivity contribution in [2.45, 2.75) is 169 Å².